The third-order valence-electron chi connectivity index (χ3n) is 6.65. The Hall–Kier alpha value is -4.22. The number of benzene rings is 4. The van der Waals surface area contributed by atoms with Crippen LogP contribution < -0.4 is 9.75 Å². The summed E-state index contributed by atoms with van der Waals surface area (Å²) in [7, 11) is 1.69. The van der Waals surface area contributed by atoms with Gasteiger partial charge in [-0.25, -0.2) is 15.0 Å². The van der Waals surface area contributed by atoms with Crippen molar-refractivity contribution in [2.75, 3.05) is 12.1 Å². The van der Waals surface area contributed by atoms with Gasteiger partial charge in [-0.05, 0) is 48.4 Å². The van der Waals surface area contributed by atoms with Crippen molar-refractivity contribution in [2.45, 2.75) is 19.4 Å². The van der Waals surface area contributed by atoms with Gasteiger partial charge >= 0.3 is 0 Å². The Morgan fingerprint density at radius 1 is 0.838 bits per heavy atom. The van der Waals surface area contributed by atoms with Crippen molar-refractivity contribution in [2.24, 2.45) is 5.10 Å². The molecule has 1 aliphatic rings. The lowest BCUT2D eigenvalue weighted by molar-refractivity contribution is 0.414. The molecule has 0 saturated carbocycles. The maximum atomic E-state index is 6.18. The number of hydrogen-bond acceptors (Lipinski definition) is 5. The largest absolute Gasteiger partial charge is 0.497 e. The summed E-state index contributed by atoms with van der Waals surface area (Å²) >= 11 is 6.18. The van der Waals surface area contributed by atoms with E-state index in [-0.39, 0.29) is 6.04 Å². The molecule has 6 rings (SSSR count). The van der Waals surface area contributed by atoms with E-state index in [0.717, 1.165) is 51.2 Å². The van der Waals surface area contributed by atoms with E-state index in [2.05, 4.69) is 43.3 Å². The van der Waals surface area contributed by atoms with Crippen LogP contribution in [0.1, 0.15) is 29.2 Å². The molecule has 5 aromatic rings. The first kappa shape index (κ1) is 23.2. The lowest BCUT2D eigenvalue weighted by atomic mass is 9.97. The van der Waals surface area contributed by atoms with Gasteiger partial charge < -0.3 is 4.74 Å². The van der Waals surface area contributed by atoms with Crippen molar-refractivity contribution < 1.29 is 4.74 Å². The van der Waals surface area contributed by atoms with E-state index in [0.29, 0.717) is 11.0 Å². The van der Waals surface area contributed by atoms with E-state index in [9.17, 15) is 0 Å². The lowest BCUT2D eigenvalue weighted by Crippen LogP contribution is -2.21. The molecule has 0 fully saturated rings. The molecule has 4 aromatic carbocycles. The highest BCUT2D eigenvalue weighted by atomic mass is 35.5. The number of nitrogens with zero attached hydrogens (tertiary/aromatic N) is 4. The van der Waals surface area contributed by atoms with Crippen LogP contribution in [0.25, 0.3) is 22.2 Å². The summed E-state index contributed by atoms with van der Waals surface area (Å²) in [6.45, 7) is 2.10. The number of rotatable bonds is 5. The van der Waals surface area contributed by atoms with E-state index >= 15 is 0 Å². The minimum absolute atomic E-state index is 0.0788. The van der Waals surface area contributed by atoms with E-state index < -0.39 is 0 Å². The second-order valence-electron chi connectivity index (χ2n) is 9.15. The van der Waals surface area contributed by atoms with Gasteiger partial charge in [0, 0.05) is 22.4 Å². The van der Waals surface area contributed by atoms with Gasteiger partial charge in [0.2, 0.25) is 5.95 Å². The molecule has 6 heteroatoms. The first-order valence-electron chi connectivity index (χ1n) is 12.2. The van der Waals surface area contributed by atoms with Gasteiger partial charge in [-0.2, -0.15) is 5.10 Å². The Bertz CT molecular complexity index is 1630. The van der Waals surface area contributed by atoms with Crippen LogP contribution in [0.5, 0.6) is 5.75 Å². The summed E-state index contributed by atoms with van der Waals surface area (Å²) in [5.74, 6) is 1.36. The predicted molar refractivity (Wildman–Crippen MR) is 151 cm³/mol. The van der Waals surface area contributed by atoms with Crippen molar-refractivity contribution in [1.29, 1.82) is 0 Å². The van der Waals surface area contributed by atoms with E-state index in [1.165, 1.54) is 5.56 Å². The molecule has 0 aliphatic carbocycles. The third kappa shape index (κ3) is 4.54. The van der Waals surface area contributed by atoms with Gasteiger partial charge in [0.25, 0.3) is 0 Å². The molecule has 0 radical (unpaired) electrons. The summed E-state index contributed by atoms with van der Waals surface area (Å²) in [6, 6.07) is 32.3. The zero-order valence-electron chi connectivity index (χ0n) is 20.6. The minimum atomic E-state index is -0.0788. The van der Waals surface area contributed by atoms with Crippen LogP contribution in [0.3, 0.4) is 0 Å². The average molecular weight is 505 g/mol. The normalized spacial score (nSPS) is 15.2. The maximum Gasteiger partial charge on any atom is 0.247 e. The quantitative estimate of drug-likeness (QED) is 0.247. The Morgan fingerprint density at radius 2 is 1.65 bits per heavy atom. The van der Waals surface area contributed by atoms with Crippen molar-refractivity contribution in [3.05, 3.63) is 119 Å². The SMILES string of the molecule is COc1cccc(C2CC(c3cccc(C)c3)=NN2c2nc(-c3ccc(Cl)cc3)c3ccccc3n2)c1. The molecular weight excluding hydrogens is 480 g/mol. The smallest absolute Gasteiger partial charge is 0.247 e. The number of ether oxygens (including phenoxy) is 1. The molecule has 0 N–H and O–H groups in total. The number of halogens is 1. The van der Waals surface area contributed by atoms with Crippen molar-refractivity contribution in [3.8, 4) is 17.0 Å². The lowest BCUT2D eigenvalue weighted by Gasteiger charge is -2.23. The number of anilines is 1. The fraction of sp³-hybridized carbons (Fsp3) is 0.129. The van der Waals surface area contributed by atoms with Crippen LogP contribution in [-0.2, 0) is 0 Å². The van der Waals surface area contributed by atoms with Gasteiger partial charge in [-0.15, -0.1) is 0 Å². The molecule has 182 valence electrons. The van der Waals surface area contributed by atoms with E-state index in [1.807, 2.05) is 65.7 Å². The third-order valence-corrected chi connectivity index (χ3v) is 6.91. The zero-order valence-corrected chi connectivity index (χ0v) is 21.4. The number of hydrogen-bond donors (Lipinski definition) is 0. The molecule has 0 amide bonds. The Kier molecular flexibility index (Phi) is 6.07. The molecule has 1 aliphatic heterocycles. The molecule has 1 unspecified atom stereocenters. The molecule has 2 heterocycles. The molecule has 37 heavy (non-hydrogen) atoms. The molecule has 0 spiro atoms. The van der Waals surface area contributed by atoms with Crippen LogP contribution in [-0.4, -0.2) is 22.8 Å². The van der Waals surface area contributed by atoms with Crippen molar-refractivity contribution in [1.82, 2.24) is 9.97 Å². The van der Waals surface area contributed by atoms with Crippen molar-refractivity contribution >= 4 is 34.2 Å². The molecule has 0 saturated heterocycles. The standard InChI is InChI=1S/C31H25ClN4O/c1-20-7-5-8-22(17-20)28-19-29(23-9-6-10-25(18-23)37-2)36(35-28)31-33-27-12-4-3-11-26(27)30(34-31)21-13-15-24(32)16-14-21/h3-18,29H,19H2,1-2H3. The van der Waals surface area contributed by atoms with Crippen LogP contribution in [0, 0.1) is 6.92 Å². The van der Waals surface area contributed by atoms with E-state index in [1.54, 1.807) is 7.11 Å². The highest BCUT2D eigenvalue weighted by molar-refractivity contribution is 6.30. The number of hydrazone groups is 1. The number of methoxy groups -OCH3 is 1. The molecule has 1 aromatic heterocycles. The molecule has 5 nitrogen and oxygen atoms in total. The maximum absolute atomic E-state index is 6.18. The molecule has 1 atom stereocenters. The molecule has 0 bridgehead atoms. The number of fused-ring (bicyclic) bond motifs is 1. The Balaban J connectivity index is 1.53. The number of aryl methyl sites for hydroxylation is 1. The summed E-state index contributed by atoms with van der Waals surface area (Å²) in [5.41, 5.74) is 7.08. The van der Waals surface area contributed by atoms with Gasteiger partial charge in [0.15, 0.2) is 0 Å². The zero-order chi connectivity index (χ0) is 25.4. The summed E-state index contributed by atoms with van der Waals surface area (Å²) < 4.78 is 5.53. The minimum Gasteiger partial charge on any atom is -0.497 e. The summed E-state index contributed by atoms with van der Waals surface area (Å²) in [4.78, 5) is 10.1. The predicted octanol–water partition coefficient (Wildman–Crippen LogP) is 7.62. The fourth-order valence-corrected chi connectivity index (χ4v) is 4.92. The first-order valence-corrected chi connectivity index (χ1v) is 12.6. The van der Waals surface area contributed by atoms with Gasteiger partial charge in [-0.1, -0.05) is 83.9 Å². The van der Waals surface area contributed by atoms with Crippen LogP contribution in [0.4, 0.5) is 5.95 Å². The first-order chi connectivity index (χ1) is 18.1. The van der Waals surface area contributed by atoms with Crippen LogP contribution >= 0.6 is 11.6 Å². The number of aromatic nitrogens is 2. The number of para-hydroxylation sites is 1. The van der Waals surface area contributed by atoms with Crippen LogP contribution in [0.15, 0.2) is 102 Å². The van der Waals surface area contributed by atoms with Gasteiger partial charge in [0.05, 0.1) is 30.1 Å². The highest BCUT2D eigenvalue weighted by Crippen LogP contribution is 2.38. The molecular formula is C31H25ClN4O. The van der Waals surface area contributed by atoms with Crippen molar-refractivity contribution in [3.63, 3.8) is 0 Å². The topological polar surface area (TPSA) is 50.6 Å². The van der Waals surface area contributed by atoms with Gasteiger partial charge in [-0.3, -0.25) is 0 Å². The average Bonchev–Trinajstić information content (AvgIpc) is 3.39. The Labute approximate surface area is 221 Å². The second-order valence-corrected chi connectivity index (χ2v) is 9.59. The highest BCUT2D eigenvalue weighted by Gasteiger charge is 2.32. The summed E-state index contributed by atoms with van der Waals surface area (Å²) in [5, 5.41) is 8.73. The second kappa shape index (κ2) is 9.68. The fourth-order valence-electron chi connectivity index (χ4n) is 4.80. The Morgan fingerprint density at radius 3 is 2.46 bits per heavy atom. The van der Waals surface area contributed by atoms with E-state index in [4.69, 9.17) is 31.4 Å². The van der Waals surface area contributed by atoms with Crippen LogP contribution in [0.2, 0.25) is 5.02 Å². The van der Waals surface area contributed by atoms with Gasteiger partial charge in [0.1, 0.15) is 5.75 Å². The monoisotopic (exact) mass is 504 g/mol. The summed E-state index contributed by atoms with van der Waals surface area (Å²) in [6.07, 6.45) is 0.725.